The number of carbonyl (C=O) groups is 1. The van der Waals surface area contributed by atoms with Gasteiger partial charge in [0.2, 0.25) is 5.91 Å². The zero-order chi connectivity index (χ0) is 24.3. The number of likely N-dealkylation sites (tertiary alicyclic amines) is 1. The molecule has 0 radical (unpaired) electrons. The van der Waals surface area contributed by atoms with E-state index in [1.54, 1.807) is 0 Å². The molecule has 0 aromatic heterocycles. The molecule has 5 rings (SSSR count). The first-order valence-electron chi connectivity index (χ1n) is 13.6. The molecule has 2 atom stereocenters. The minimum Gasteiger partial charge on any atom is -0.355 e. The van der Waals surface area contributed by atoms with E-state index in [9.17, 15) is 4.79 Å². The molecule has 1 unspecified atom stereocenters. The number of benzene rings is 2. The van der Waals surface area contributed by atoms with Gasteiger partial charge in [0.1, 0.15) is 0 Å². The topological polar surface area (TPSA) is 32.3 Å². The fourth-order valence-electron chi connectivity index (χ4n) is 7.28. The molecule has 2 aliphatic carbocycles. The van der Waals surface area contributed by atoms with Crippen molar-refractivity contribution in [3.8, 4) is 0 Å². The van der Waals surface area contributed by atoms with Gasteiger partial charge in [-0.1, -0.05) is 66.7 Å². The third-order valence-electron chi connectivity index (χ3n) is 9.18. The molecule has 1 saturated heterocycles. The lowest BCUT2D eigenvalue weighted by Crippen LogP contribution is -2.44. The van der Waals surface area contributed by atoms with Gasteiger partial charge in [-0.3, -0.25) is 4.79 Å². The molecule has 1 aliphatic heterocycles. The maximum absolute atomic E-state index is 13.3. The minimum absolute atomic E-state index is 0.0292. The first-order chi connectivity index (χ1) is 17.0. The summed E-state index contributed by atoms with van der Waals surface area (Å²) in [5, 5.41) is 4.54. The fourth-order valence-corrected chi connectivity index (χ4v) is 7.53. The summed E-state index contributed by atoms with van der Waals surface area (Å²) in [6.07, 6.45) is 12.6. The van der Waals surface area contributed by atoms with Crippen LogP contribution in [-0.4, -0.2) is 37.0 Å². The van der Waals surface area contributed by atoms with E-state index in [1.807, 2.05) is 48.5 Å². The summed E-state index contributed by atoms with van der Waals surface area (Å²) in [4.78, 5) is 15.9. The molecule has 1 heterocycles. The van der Waals surface area contributed by atoms with Crippen LogP contribution in [0.3, 0.4) is 0 Å². The maximum atomic E-state index is 13.3. The van der Waals surface area contributed by atoms with Crippen molar-refractivity contribution >= 4 is 29.1 Å². The first-order valence-corrected chi connectivity index (χ1v) is 14.3. The highest BCUT2D eigenvalue weighted by Gasteiger charge is 2.49. The number of rotatable bonds is 7. The van der Waals surface area contributed by atoms with E-state index in [1.165, 1.54) is 64.5 Å². The van der Waals surface area contributed by atoms with Gasteiger partial charge in [0.15, 0.2) is 0 Å². The molecule has 2 aromatic rings. The number of nitrogens with zero attached hydrogens (tertiary/aromatic N) is 1. The van der Waals surface area contributed by atoms with Gasteiger partial charge in [0.05, 0.1) is 5.92 Å². The molecule has 5 heteroatoms. The van der Waals surface area contributed by atoms with Crippen molar-refractivity contribution in [2.45, 2.75) is 63.7 Å². The summed E-state index contributed by atoms with van der Waals surface area (Å²) < 4.78 is 0. The highest BCUT2D eigenvalue weighted by atomic mass is 35.5. The number of hydrogen-bond acceptors (Lipinski definition) is 2. The van der Waals surface area contributed by atoms with Crippen LogP contribution in [-0.2, 0) is 4.79 Å². The van der Waals surface area contributed by atoms with Crippen molar-refractivity contribution in [1.82, 2.24) is 10.2 Å². The summed E-state index contributed by atoms with van der Waals surface area (Å²) in [6.45, 7) is 4.23. The Bertz CT molecular complexity index is 937. The van der Waals surface area contributed by atoms with Gasteiger partial charge >= 0.3 is 0 Å². The molecule has 2 aromatic carbocycles. The van der Waals surface area contributed by atoms with Crippen LogP contribution < -0.4 is 5.32 Å². The van der Waals surface area contributed by atoms with Gasteiger partial charge in [-0.05, 0) is 111 Å². The number of halogens is 2. The van der Waals surface area contributed by atoms with E-state index in [0.29, 0.717) is 22.0 Å². The number of hydrogen-bond donors (Lipinski definition) is 1. The standard InChI is InChI=1S/C30H38Cl2N2O/c31-25-10-6-23(7-11-25)28(24-8-12-26(32)13-9-24)29(35)33-18-3-19-34-20-16-30(17-21-34)15-14-22-4-1-2-5-27(22)30/h6-13,22,27-28H,1-5,14-21H2,(H,33,35)/t22?,27-/m1/s1. The van der Waals surface area contributed by atoms with Crippen LogP contribution >= 0.6 is 23.2 Å². The Morgan fingerprint density at radius 2 is 1.49 bits per heavy atom. The number of fused-ring (bicyclic) bond motifs is 2. The molecule has 1 spiro atoms. The van der Waals surface area contributed by atoms with Gasteiger partial charge < -0.3 is 10.2 Å². The summed E-state index contributed by atoms with van der Waals surface area (Å²) in [5.41, 5.74) is 2.53. The Morgan fingerprint density at radius 1 is 0.886 bits per heavy atom. The van der Waals surface area contributed by atoms with Gasteiger partial charge in [0, 0.05) is 16.6 Å². The van der Waals surface area contributed by atoms with Gasteiger partial charge in [-0.15, -0.1) is 0 Å². The molecule has 1 N–H and O–H groups in total. The van der Waals surface area contributed by atoms with Crippen LogP contribution in [0.4, 0.5) is 0 Å². The zero-order valence-corrected chi connectivity index (χ0v) is 22.2. The molecule has 1 amide bonds. The molecule has 188 valence electrons. The zero-order valence-electron chi connectivity index (χ0n) is 20.7. The second kappa shape index (κ2) is 11.2. The summed E-state index contributed by atoms with van der Waals surface area (Å²) in [7, 11) is 0. The lowest BCUT2D eigenvalue weighted by Gasteiger charge is -2.45. The second-order valence-corrected chi connectivity index (χ2v) is 11.9. The summed E-state index contributed by atoms with van der Waals surface area (Å²) in [5.74, 6) is 1.70. The fraction of sp³-hybridized carbons (Fsp3) is 0.567. The third-order valence-corrected chi connectivity index (χ3v) is 9.68. The van der Waals surface area contributed by atoms with E-state index in [-0.39, 0.29) is 11.8 Å². The van der Waals surface area contributed by atoms with Crippen LogP contribution in [0.15, 0.2) is 48.5 Å². The van der Waals surface area contributed by atoms with Crippen molar-refractivity contribution in [2.75, 3.05) is 26.2 Å². The lowest BCUT2D eigenvalue weighted by molar-refractivity contribution is -0.121. The van der Waals surface area contributed by atoms with Gasteiger partial charge in [-0.25, -0.2) is 0 Å². The summed E-state index contributed by atoms with van der Waals surface area (Å²) >= 11 is 12.2. The Morgan fingerprint density at radius 3 is 2.11 bits per heavy atom. The summed E-state index contributed by atoms with van der Waals surface area (Å²) in [6, 6.07) is 15.1. The largest absolute Gasteiger partial charge is 0.355 e. The van der Waals surface area contributed by atoms with Crippen LogP contribution in [0.5, 0.6) is 0 Å². The lowest BCUT2D eigenvalue weighted by atomic mass is 9.65. The van der Waals surface area contributed by atoms with Crippen molar-refractivity contribution < 1.29 is 4.79 Å². The quantitative estimate of drug-likeness (QED) is 0.394. The number of piperidine rings is 1. The molecular formula is C30H38Cl2N2O. The molecule has 0 bridgehead atoms. The molecule has 3 aliphatic rings. The molecular weight excluding hydrogens is 475 g/mol. The molecule has 3 fully saturated rings. The Hall–Kier alpha value is -1.55. The van der Waals surface area contributed by atoms with Crippen molar-refractivity contribution in [1.29, 1.82) is 0 Å². The number of amides is 1. The highest BCUT2D eigenvalue weighted by Crippen LogP contribution is 2.57. The van der Waals surface area contributed by atoms with Crippen molar-refractivity contribution in [3.63, 3.8) is 0 Å². The second-order valence-electron chi connectivity index (χ2n) is 11.1. The van der Waals surface area contributed by atoms with Crippen LogP contribution in [0.2, 0.25) is 10.0 Å². The molecule has 2 saturated carbocycles. The monoisotopic (exact) mass is 512 g/mol. The Balaban J connectivity index is 1.12. The SMILES string of the molecule is O=C(NCCCN1CCC2(CCC3CCCC[C@H]32)CC1)C(c1ccc(Cl)cc1)c1ccc(Cl)cc1. The van der Waals surface area contributed by atoms with Crippen LogP contribution in [0.1, 0.15) is 74.8 Å². The van der Waals surface area contributed by atoms with Crippen LogP contribution in [0, 0.1) is 17.3 Å². The molecule has 35 heavy (non-hydrogen) atoms. The Labute approximate surface area is 220 Å². The normalized spacial score (nSPS) is 24.0. The third kappa shape index (κ3) is 5.73. The first kappa shape index (κ1) is 25.1. The minimum atomic E-state index is -0.370. The van der Waals surface area contributed by atoms with Crippen molar-refractivity contribution in [2.24, 2.45) is 17.3 Å². The van der Waals surface area contributed by atoms with Gasteiger partial charge in [-0.2, -0.15) is 0 Å². The van der Waals surface area contributed by atoms with E-state index in [0.717, 1.165) is 35.9 Å². The van der Waals surface area contributed by atoms with Gasteiger partial charge in [0.25, 0.3) is 0 Å². The Kier molecular flexibility index (Phi) is 8.06. The average molecular weight is 514 g/mol. The highest BCUT2D eigenvalue weighted by molar-refractivity contribution is 6.30. The van der Waals surface area contributed by atoms with E-state index >= 15 is 0 Å². The smallest absolute Gasteiger partial charge is 0.232 e. The number of carbonyl (C=O) groups excluding carboxylic acids is 1. The number of nitrogens with one attached hydrogen (secondary N) is 1. The van der Waals surface area contributed by atoms with Crippen molar-refractivity contribution in [3.05, 3.63) is 69.7 Å². The predicted molar refractivity (Wildman–Crippen MR) is 145 cm³/mol. The average Bonchev–Trinajstić information content (AvgIpc) is 3.24. The molecule has 3 nitrogen and oxygen atoms in total. The van der Waals surface area contributed by atoms with Crippen LogP contribution in [0.25, 0.3) is 0 Å². The van der Waals surface area contributed by atoms with E-state index in [4.69, 9.17) is 23.2 Å². The predicted octanol–water partition coefficient (Wildman–Crippen LogP) is 7.31. The van der Waals surface area contributed by atoms with E-state index < -0.39 is 0 Å². The van der Waals surface area contributed by atoms with E-state index in [2.05, 4.69) is 10.2 Å². The maximum Gasteiger partial charge on any atom is 0.232 e.